The monoisotopic (exact) mass is 426 g/mol. The summed E-state index contributed by atoms with van der Waals surface area (Å²) in [6.07, 6.45) is 2.60. The third kappa shape index (κ3) is 5.43. The van der Waals surface area contributed by atoms with Crippen molar-refractivity contribution in [3.05, 3.63) is 59.0 Å². The van der Waals surface area contributed by atoms with Crippen molar-refractivity contribution in [1.82, 2.24) is 4.90 Å². The van der Waals surface area contributed by atoms with Crippen LogP contribution in [0.5, 0.6) is 11.5 Å². The summed E-state index contributed by atoms with van der Waals surface area (Å²) in [6, 6.07) is 15.3. The van der Waals surface area contributed by atoms with Crippen molar-refractivity contribution >= 4 is 34.6 Å². The second-order valence-electron chi connectivity index (χ2n) is 6.49. The molecule has 1 amide bonds. The van der Waals surface area contributed by atoms with Gasteiger partial charge in [0, 0.05) is 20.3 Å². The first kappa shape index (κ1) is 21.9. The van der Waals surface area contributed by atoms with Crippen LogP contribution >= 0.6 is 11.8 Å². The van der Waals surface area contributed by atoms with Crippen LogP contribution in [0.15, 0.2) is 58.4 Å². The molecule has 0 unspecified atom stereocenters. The highest BCUT2D eigenvalue weighted by molar-refractivity contribution is 8.18. The van der Waals surface area contributed by atoms with Crippen molar-refractivity contribution in [2.24, 2.45) is 4.99 Å². The Morgan fingerprint density at radius 1 is 1.10 bits per heavy atom. The number of carbonyl (C=O) groups is 1. The zero-order valence-corrected chi connectivity index (χ0v) is 18.3. The minimum atomic E-state index is -0.0560. The number of nitrogens with zero attached hydrogens (tertiary/aromatic N) is 2. The smallest absolute Gasteiger partial charge is 0.266 e. The Morgan fingerprint density at radius 2 is 1.90 bits per heavy atom. The molecule has 3 rings (SSSR count). The molecule has 0 bridgehead atoms. The Balaban J connectivity index is 1.90. The Kier molecular flexibility index (Phi) is 7.93. The van der Waals surface area contributed by atoms with Crippen molar-refractivity contribution < 1.29 is 19.0 Å². The number of ether oxygens (including phenoxy) is 3. The van der Waals surface area contributed by atoms with E-state index in [1.807, 2.05) is 61.5 Å². The van der Waals surface area contributed by atoms with E-state index in [-0.39, 0.29) is 5.91 Å². The van der Waals surface area contributed by atoms with Crippen LogP contribution in [-0.2, 0) is 9.53 Å². The molecule has 1 saturated heterocycles. The number of rotatable bonds is 9. The van der Waals surface area contributed by atoms with Gasteiger partial charge < -0.3 is 14.2 Å². The van der Waals surface area contributed by atoms with Crippen LogP contribution in [0.4, 0.5) is 5.69 Å². The van der Waals surface area contributed by atoms with Gasteiger partial charge in [0.1, 0.15) is 0 Å². The second kappa shape index (κ2) is 10.8. The van der Waals surface area contributed by atoms with Gasteiger partial charge in [-0.05, 0) is 61.0 Å². The van der Waals surface area contributed by atoms with Gasteiger partial charge in [0.25, 0.3) is 5.91 Å². The number of methoxy groups -OCH3 is 2. The summed E-state index contributed by atoms with van der Waals surface area (Å²) >= 11 is 1.38. The maximum absolute atomic E-state index is 13.1. The predicted molar refractivity (Wildman–Crippen MR) is 121 cm³/mol. The second-order valence-corrected chi connectivity index (χ2v) is 7.50. The Hall–Kier alpha value is -2.77. The summed E-state index contributed by atoms with van der Waals surface area (Å²) in [6.45, 7) is 3.59. The number of hydrogen-bond acceptors (Lipinski definition) is 6. The van der Waals surface area contributed by atoms with E-state index in [0.717, 1.165) is 17.7 Å². The zero-order chi connectivity index (χ0) is 21.3. The van der Waals surface area contributed by atoms with Gasteiger partial charge in [-0.2, -0.15) is 0 Å². The standard InChI is InChI=1S/C23H26N2O4S/c1-4-29-20-15-17(11-12-19(20)28-3)16-21-22(26)25(13-8-14-27-2)23(30-21)24-18-9-6-5-7-10-18/h5-7,9-12,15-16H,4,8,13-14H2,1-3H3/b21-16-,24-23?. The van der Waals surface area contributed by atoms with E-state index in [9.17, 15) is 4.79 Å². The van der Waals surface area contributed by atoms with Crippen LogP contribution in [0.3, 0.4) is 0 Å². The van der Waals surface area contributed by atoms with Gasteiger partial charge in [0.2, 0.25) is 0 Å². The van der Waals surface area contributed by atoms with Crippen LogP contribution < -0.4 is 9.47 Å². The molecular weight excluding hydrogens is 400 g/mol. The highest BCUT2D eigenvalue weighted by Crippen LogP contribution is 2.36. The summed E-state index contributed by atoms with van der Waals surface area (Å²) < 4.78 is 16.1. The number of para-hydroxylation sites is 1. The van der Waals surface area contributed by atoms with E-state index in [1.165, 1.54) is 11.8 Å². The molecule has 7 heteroatoms. The molecule has 1 heterocycles. The van der Waals surface area contributed by atoms with Gasteiger partial charge in [-0.15, -0.1) is 0 Å². The van der Waals surface area contributed by atoms with Crippen LogP contribution in [0.1, 0.15) is 18.9 Å². The number of hydrogen-bond donors (Lipinski definition) is 0. The van der Waals surface area contributed by atoms with E-state index < -0.39 is 0 Å². The quantitative estimate of drug-likeness (QED) is 0.428. The van der Waals surface area contributed by atoms with Crippen LogP contribution in [-0.4, -0.2) is 50.0 Å². The van der Waals surface area contributed by atoms with Crippen molar-refractivity contribution in [1.29, 1.82) is 0 Å². The lowest BCUT2D eigenvalue weighted by atomic mass is 10.2. The molecule has 0 aliphatic carbocycles. The first-order valence-corrected chi connectivity index (χ1v) is 10.6. The molecule has 2 aromatic carbocycles. The molecule has 1 aliphatic rings. The van der Waals surface area contributed by atoms with Crippen molar-refractivity contribution in [3.8, 4) is 11.5 Å². The lowest BCUT2D eigenvalue weighted by Gasteiger charge is -2.15. The van der Waals surface area contributed by atoms with E-state index in [1.54, 1.807) is 19.1 Å². The first-order chi connectivity index (χ1) is 14.7. The average Bonchev–Trinajstić information content (AvgIpc) is 3.04. The lowest BCUT2D eigenvalue weighted by Crippen LogP contribution is -2.30. The van der Waals surface area contributed by atoms with Crippen molar-refractivity contribution in [2.75, 3.05) is 34.0 Å². The van der Waals surface area contributed by atoms with Crippen molar-refractivity contribution in [2.45, 2.75) is 13.3 Å². The number of amidine groups is 1. The fourth-order valence-electron chi connectivity index (χ4n) is 2.97. The van der Waals surface area contributed by atoms with E-state index in [4.69, 9.17) is 19.2 Å². The highest BCUT2D eigenvalue weighted by Gasteiger charge is 2.33. The minimum Gasteiger partial charge on any atom is -0.493 e. The summed E-state index contributed by atoms with van der Waals surface area (Å²) in [5.74, 6) is 1.26. The molecule has 158 valence electrons. The van der Waals surface area contributed by atoms with Crippen LogP contribution in [0.2, 0.25) is 0 Å². The van der Waals surface area contributed by atoms with Gasteiger partial charge in [-0.1, -0.05) is 24.3 Å². The largest absolute Gasteiger partial charge is 0.493 e. The molecule has 1 aliphatic heterocycles. The Labute approximate surface area is 181 Å². The molecule has 0 atom stereocenters. The molecule has 30 heavy (non-hydrogen) atoms. The van der Waals surface area contributed by atoms with Crippen molar-refractivity contribution in [3.63, 3.8) is 0 Å². The molecule has 1 fully saturated rings. The maximum Gasteiger partial charge on any atom is 0.266 e. The Morgan fingerprint density at radius 3 is 2.60 bits per heavy atom. The predicted octanol–water partition coefficient (Wildman–Crippen LogP) is 4.73. The molecule has 0 saturated carbocycles. The molecule has 0 N–H and O–H groups in total. The topological polar surface area (TPSA) is 60.4 Å². The number of benzene rings is 2. The summed E-state index contributed by atoms with van der Waals surface area (Å²) in [7, 11) is 3.26. The zero-order valence-electron chi connectivity index (χ0n) is 17.5. The van der Waals surface area contributed by atoms with Gasteiger partial charge in [0.05, 0.1) is 24.3 Å². The SMILES string of the molecule is CCOc1cc(/C=C2\SC(=Nc3ccccc3)N(CCCOC)C2=O)ccc1OC. The molecule has 0 radical (unpaired) electrons. The van der Waals surface area contributed by atoms with Gasteiger partial charge in [-0.3, -0.25) is 9.69 Å². The van der Waals surface area contributed by atoms with Crippen LogP contribution in [0.25, 0.3) is 6.08 Å². The number of thioether (sulfide) groups is 1. The minimum absolute atomic E-state index is 0.0560. The third-order valence-electron chi connectivity index (χ3n) is 4.38. The number of aliphatic imine (C=N–C) groups is 1. The number of carbonyl (C=O) groups excluding carboxylic acids is 1. The molecule has 0 spiro atoms. The van der Waals surface area contributed by atoms with Crippen LogP contribution in [0, 0.1) is 0 Å². The highest BCUT2D eigenvalue weighted by atomic mass is 32.2. The number of amides is 1. The van der Waals surface area contributed by atoms with Gasteiger partial charge in [-0.25, -0.2) is 4.99 Å². The van der Waals surface area contributed by atoms with E-state index in [0.29, 0.717) is 41.3 Å². The Bertz CT molecular complexity index is 928. The van der Waals surface area contributed by atoms with E-state index >= 15 is 0 Å². The summed E-state index contributed by atoms with van der Waals surface area (Å²) in [5.41, 5.74) is 1.68. The fourth-order valence-corrected chi connectivity index (χ4v) is 4.00. The molecule has 0 aromatic heterocycles. The van der Waals surface area contributed by atoms with Gasteiger partial charge in [0.15, 0.2) is 16.7 Å². The summed E-state index contributed by atoms with van der Waals surface area (Å²) in [4.78, 5) is 20.1. The average molecular weight is 427 g/mol. The maximum atomic E-state index is 13.1. The summed E-state index contributed by atoms with van der Waals surface area (Å²) in [5, 5.41) is 0.673. The fraction of sp³-hybridized carbons (Fsp3) is 0.304. The molecular formula is C23H26N2O4S. The first-order valence-electron chi connectivity index (χ1n) is 9.81. The molecule has 2 aromatic rings. The molecule has 6 nitrogen and oxygen atoms in total. The normalized spacial score (nSPS) is 16.5. The lowest BCUT2D eigenvalue weighted by molar-refractivity contribution is -0.122. The van der Waals surface area contributed by atoms with Gasteiger partial charge >= 0.3 is 0 Å². The van der Waals surface area contributed by atoms with E-state index in [2.05, 4.69) is 0 Å². The third-order valence-corrected chi connectivity index (χ3v) is 5.39.